The molecule has 0 aromatic heterocycles. The summed E-state index contributed by atoms with van der Waals surface area (Å²) in [6.45, 7) is 4.47. The molecule has 2 N–H and O–H groups in total. The Morgan fingerprint density at radius 3 is 2.23 bits per heavy atom. The van der Waals surface area contributed by atoms with Gasteiger partial charge in [-0.25, -0.2) is 0 Å². The summed E-state index contributed by atoms with van der Waals surface area (Å²) in [5, 5.41) is 6.42. The summed E-state index contributed by atoms with van der Waals surface area (Å²) in [4.78, 5) is 14.9. The predicted octanol–water partition coefficient (Wildman–Crippen LogP) is 5.24. The zero-order chi connectivity index (χ0) is 20.8. The highest BCUT2D eigenvalue weighted by atomic mass is 16.1. The molecule has 1 saturated heterocycles. The van der Waals surface area contributed by atoms with E-state index in [0.717, 1.165) is 24.5 Å². The van der Waals surface area contributed by atoms with Crippen LogP contribution in [0.3, 0.4) is 0 Å². The van der Waals surface area contributed by atoms with Crippen LogP contribution in [0.1, 0.15) is 31.4 Å². The second kappa shape index (κ2) is 9.59. The third-order valence-electron chi connectivity index (χ3n) is 5.71. The van der Waals surface area contributed by atoms with Crippen molar-refractivity contribution in [1.29, 1.82) is 0 Å². The Balaban J connectivity index is 1.33. The molecule has 0 saturated carbocycles. The minimum Gasteiger partial charge on any atom is -0.370 e. The Kier molecular flexibility index (Phi) is 6.45. The summed E-state index contributed by atoms with van der Waals surface area (Å²) in [6, 6.07) is 27.0. The van der Waals surface area contributed by atoms with E-state index in [-0.39, 0.29) is 18.5 Å². The number of hydrogen-bond donors (Lipinski definition) is 2. The molecular formula is C26H29N3O. The number of benzene rings is 3. The Morgan fingerprint density at radius 2 is 1.50 bits per heavy atom. The van der Waals surface area contributed by atoms with E-state index in [4.69, 9.17) is 0 Å². The molecule has 0 radical (unpaired) electrons. The van der Waals surface area contributed by atoms with Crippen molar-refractivity contribution in [3.05, 3.63) is 84.4 Å². The van der Waals surface area contributed by atoms with Gasteiger partial charge in [-0.15, -0.1) is 0 Å². The zero-order valence-corrected chi connectivity index (χ0v) is 17.5. The molecule has 1 fully saturated rings. The van der Waals surface area contributed by atoms with Crippen molar-refractivity contribution in [2.45, 2.75) is 25.8 Å². The third kappa shape index (κ3) is 4.89. The number of rotatable bonds is 7. The van der Waals surface area contributed by atoms with Crippen LogP contribution in [0.15, 0.2) is 78.9 Å². The average molecular weight is 400 g/mol. The molecule has 0 bridgehead atoms. The van der Waals surface area contributed by atoms with Gasteiger partial charge >= 0.3 is 0 Å². The SMILES string of the molecule is C[C@H](NCC(=O)Nc1ccccc1N1CCCC1)c1ccc(-c2ccccc2)cc1. The molecule has 3 aromatic rings. The maximum atomic E-state index is 12.6. The topological polar surface area (TPSA) is 44.4 Å². The summed E-state index contributed by atoms with van der Waals surface area (Å²) >= 11 is 0. The van der Waals surface area contributed by atoms with Gasteiger partial charge in [-0.1, -0.05) is 66.7 Å². The van der Waals surface area contributed by atoms with Gasteiger partial charge < -0.3 is 15.5 Å². The van der Waals surface area contributed by atoms with E-state index in [1.54, 1.807) is 0 Å². The van der Waals surface area contributed by atoms with Crippen molar-refractivity contribution in [2.75, 3.05) is 29.9 Å². The molecule has 1 amide bonds. The Hall–Kier alpha value is -3.11. The molecule has 0 aliphatic carbocycles. The van der Waals surface area contributed by atoms with Gasteiger partial charge in [0.15, 0.2) is 0 Å². The Labute approximate surface area is 178 Å². The van der Waals surface area contributed by atoms with Gasteiger partial charge in [-0.05, 0) is 48.6 Å². The van der Waals surface area contributed by atoms with Crippen LogP contribution in [0.2, 0.25) is 0 Å². The number of hydrogen-bond acceptors (Lipinski definition) is 3. The number of nitrogens with one attached hydrogen (secondary N) is 2. The third-order valence-corrected chi connectivity index (χ3v) is 5.71. The summed E-state index contributed by atoms with van der Waals surface area (Å²) < 4.78 is 0. The van der Waals surface area contributed by atoms with E-state index in [2.05, 4.69) is 64.9 Å². The first kappa shape index (κ1) is 20.2. The minimum absolute atomic E-state index is 0.0191. The second-order valence-corrected chi connectivity index (χ2v) is 7.85. The lowest BCUT2D eigenvalue weighted by molar-refractivity contribution is -0.115. The molecule has 30 heavy (non-hydrogen) atoms. The van der Waals surface area contributed by atoms with Gasteiger partial charge in [0.2, 0.25) is 5.91 Å². The highest BCUT2D eigenvalue weighted by Gasteiger charge is 2.16. The van der Waals surface area contributed by atoms with Crippen molar-refractivity contribution in [1.82, 2.24) is 5.32 Å². The first-order valence-electron chi connectivity index (χ1n) is 10.7. The van der Waals surface area contributed by atoms with Crippen LogP contribution in [0.25, 0.3) is 11.1 Å². The quantitative estimate of drug-likeness (QED) is 0.571. The summed E-state index contributed by atoms with van der Waals surface area (Å²) in [5.41, 5.74) is 5.59. The maximum Gasteiger partial charge on any atom is 0.238 e. The van der Waals surface area contributed by atoms with Crippen LogP contribution in [-0.4, -0.2) is 25.5 Å². The van der Waals surface area contributed by atoms with E-state index < -0.39 is 0 Å². The highest BCUT2D eigenvalue weighted by Crippen LogP contribution is 2.28. The van der Waals surface area contributed by atoms with E-state index in [9.17, 15) is 4.79 Å². The first-order chi connectivity index (χ1) is 14.7. The van der Waals surface area contributed by atoms with E-state index in [1.807, 2.05) is 36.4 Å². The molecule has 1 atom stereocenters. The molecule has 4 heteroatoms. The molecule has 1 aliphatic rings. The Morgan fingerprint density at radius 1 is 0.867 bits per heavy atom. The first-order valence-corrected chi connectivity index (χ1v) is 10.7. The van der Waals surface area contributed by atoms with Crippen LogP contribution < -0.4 is 15.5 Å². The van der Waals surface area contributed by atoms with Gasteiger partial charge in [-0.3, -0.25) is 4.79 Å². The molecule has 0 unspecified atom stereocenters. The molecular weight excluding hydrogens is 370 g/mol. The van der Waals surface area contributed by atoms with Crippen LogP contribution in [0, 0.1) is 0 Å². The van der Waals surface area contributed by atoms with E-state index >= 15 is 0 Å². The summed E-state index contributed by atoms with van der Waals surface area (Å²) in [5.74, 6) is -0.0191. The lowest BCUT2D eigenvalue weighted by Gasteiger charge is -2.22. The maximum absolute atomic E-state index is 12.6. The molecule has 1 heterocycles. The van der Waals surface area contributed by atoms with Crippen LogP contribution >= 0.6 is 0 Å². The van der Waals surface area contributed by atoms with Gasteiger partial charge in [0.25, 0.3) is 0 Å². The fraction of sp³-hybridized carbons (Fsp3) is 0.269. The van der Waals surface area contributed by atoms with Gasteiger partial charge in [0, 0.05) is 19.1 Å². The normalized spacial score (nSPS) is 14.5. The monoisotopic (exact) mass is 399 g/mol. The van der Waals surface area contributed by atoms with Crippen molar-refractivity contribution in [3.8, 4) is 11.1 Å². The number of para-hydroxylation sites is 2. The van der Waals surface area contributed by atoms with Crippen LogP contribution in [-0.2, 0) is 4.79 Å². The van der Waals surface area contributed by atoms with Crippen molar-refractivity contribution in [2.24, 2.45) is 0 Å². The molecule has 4 nitrogen and oxygen atoms in total. The number of nitrogens with zero attached hydrogens (tertiary/aromatic N) is 1. The smallest absolute Gasteiger partial charge is 0.238 e. The number of amides is 1. The largest absolute Gasteiger partial charge is 0.370 e. The van der Waals surface area contributed by atoms with Crippen molar-refractivity contribution in [3.63, 3.8) is 0 Å². The zero-order valence-electron chi connectivity index (χ0n) is 17.5. The van der Waals surface area contributed by atoms with Crippen molar-refractivity contribution >= 4 is 17.3 Å². The number of carbonyl (C=O) groups is 1. The predicted molar refractivity (Wildman–Crippen MR) is 125 cm³/mol. The highest BCUT2D eigenvalue weighted by molar-refractivity contribution is 5.95. The van der Waals surface area contributed by atoms with Crippen LogP contribution in [0.5, 0.6) is 0 Å². The lowest BCUT2D eigenvalue weighted by atomic mass is 10.0. The molecule has 154 valence electrons. The summed E-state index contributed by atoms with van der Waals surface area (Å²) in [7, 11) is 0. The van der Waals surface area contributed by atoms with E-state index in [0.29, 0.717) is 0 Å². The van der Waals surface area contributed by atoms with Gasteiger partial charge in [-0.2, -0.15) is 0 Å². The number of carbonyl (C=O) groups excluding carboxylic acids is 1. The fourth-order valence-corrected chi connectivity index (χ4v) is 3.97. The second-order valence-electron chi connectivity index (χ2n) is 7.85. The molecule has 4 rings (SSSR count). The summed E-state index contributed by atoms with van der Waals surface area (Å²) in [6.07, 6.45) is 2.43. The molecule has 0 spiro atoms. The fourth-order valence-electron chi connectivity index (χ4n) is 3.97. The average Bonchev–Trinajstić information content (AvgIpc) is 3.33. The van der Waals surface area contributed by atoms with Gasteiger partial charge in [0.05, 0.1) is 17.9 Å². The Bertz CT molecular complexity index is 963. The van der Waals surface area contributed by atoms with E-state index in [1.165, 1.54) is 29.5 Å². The minimum atomic E-state index is -0.0191. The lowest BCUT2D eigenvalue weighted by Crippen LogP contribution is -2.30. The van der Waals surface area contributed by atoms with Crippen LogP contribution in [0.4, 0.5) is 11.4 Å². The van der Waals surface area contributed by atoms with Crippen molar-refractivity contribution < 1.29 is 4.79 Å². The number of anilines is 2. The molecule has 3 aromatic carbocycles. The molecule has 1 aliphatic heterocycles. The van der Waals surface area contributed by atoms with Gasteiger partial charge in [0.1, 0.15) is 0 Å². The standard InChI is InChI=1S/C26H29N3O/c1-20(21-13-15-23(16-14-21)22-9-3-2-4-10-22)27-19-26(30)28-24-11-5-6-12-25(24)29-17-7-8-18-29/h2-6,9-16,20,27H,7-8,17-19H2,1H3,(H,28,30)/t20-/m0/s1.